The van der Waals surface area contributed by atoms with Gasteiger partial charge in [-0.05, 0) is 24.1 Å². The normalized spacial score (nSPS) is 13.3. The summed E-state index contributed by atoms with van der Waals surface area (Å²) in [5, 5.41) is 1.12. The number of sulfonamides is 1. The fourth-order valence-corrected chi connectivity index (χ4v) is 3.41. The molecule has 2 aromatic carbocycles. The quantitative estimate of drug-likeness (QED) is 0.730. The van der Waals surface area contributed by atoms with Crippen LogP contribution >= 0.6 is 0 Å². The van der Waals surface area contributed by atoms with Crippen LogP contribution in [-0.4, -0.2) is 25.7 Å². The number of nitrogens with one attached hydrogen (secondary N) is 2. The van der Waals surface area contributed by atoms with E-state index >= 15 is 0 Å². The Labute approximate surface area is 136 Å². The van der Waals surface area contributed by atoms with E-state index in [1.807, 2.05) is 54.7 Å². The summed E-state index contributed by atoms with van der Waals surface area (Å²) in [6.45, 7) is 1.99. The van der Waals surface area contributed by atoms with Gasteiger partial charge in [0.1, 0.15) is 0 Å². The van der Waals surface area contributed by atoms with Gasteiger partial charge in [-0.3, -0.25) is 0 Å². The first-order valence-corrected chi connectivity index (χ1v) is 9.34. The molecule has 0 aliphatic rings. The minimum Gasteiger partial charge on any atom is -0.361 e. The zero-order chi connectivity index (χ0) is 16.3. The van der Waals surface area contributed by atoms with Crippen LogP contribution in [0.5, 0.6) is 0 Å². The van der Waals surface area contributed by atoms with E-state index in [1.165, 1.54) is 0 Å². The molecule has 3 rings (SSSR count). The number of aromatic amines is 1. The highest BCUT2D eigenvalue weighted by molar-refractivity contribution is 7.89. The van der Waals surface area contributed by atoms with E-state index in [9.17, 15) is 8.42 Å². The average Bonchev–Trinajstić information content (AvgIpc) is 3.00. The molecule has 0 saturated heterocycles. The molecule has 0 radical (unpaired) electrons. The molecule has 0 spiro atoms. The Bertz CT molecular complexity index is 886. The van der Waals surface area contributed by atoms with Crippen molar-refractivity contribution in [3.63, 3.8) is 0 Å². The lowest BCUT2D eigenvalue weighted by molar-refractivity contribution is 0.579. The second-order valence-corrected chi connectivity index (χ2v) is 7.60. The molecular formula is C18H20N2O2S. The molecule has 120 valence electrons. The summed E-state index contributed by atoms with van der Waals surface area (Å²) in [5.41, 5.74) is 3.25. The third-order valence-electron chi connectivity index (χ3n) is 4.09. The molecule has 5 heteroatoms. The summed E-state index contributed by atoms with van der Waals surface area (Å²) in [6.07, 6.45) is 1.97. The molecule has 0 aliphatic carbocycles. The molecule has 0 fully saturated rings. The van der Waals surface area contributed by atoms with E-state index in [0.717, 1.165) is 22.0 Å². The zero-order valence-corrected chi connectivity index (χ0v) is 13.8. The number of H-pyrrole nitrogens is 1. The van der Waals surface area contributed by atoms with Gasteiger partial charge in [-0.25, -0.2) is 13.1 Å². The molecule has 3 aromatic rings. The van der Waals surface area contributed by atoms with Gasteiger partial charge in [-0.15, -0.1) is 0 Å². The molecule has 1 heterocycles. The van der Waals surface area contributed by atoms with Gasteiger partial charge in [-0.2, -0.15) is 0 Å². The molecule has 1 unspecified atom stereocenters. The van der Waals surface area contributed by atoms with Gasteiger partial charge >= 0.3 is 0 Å². The van der Waals surface area contributed by atoms with E-state index in [4.69, 9.17) is 0 Å². The number of hydrogen-bond donors (Lipinski definition) is 2. The van der Waals surface area contributed by atoms with Crippen LogP contribution in [0, 0.1) is 0 Å². The summed E-state index contributed by atoms with van der Waals surface area (Å²) in [5.74, 6) is 0.0521. The van der Waals surface area contributed by atoms with Crippen molar-refractivity contribution in [2.24, 2.45) is 0 Å². The molecular weight excluding hydrogens is 308 g/mol. The molecule has 2 N–H and O–H groups in total. The summed E-state index contributed by atoms with van der Waals surface area (Å²) in [7, 11) is -3.23. The minimum absolute atomic E-state index is 0.0336. The first kappa shape index (κ1) is 15.8. The van der Waals surface area contributed by atoms with Gasteiger partial charge in [-0.1, -0.05) is 48.5 Å². The van der Waals surface area contributed by atoms with Crippen molar-refractivity contribution in [3.05, 3.63) is 71.9 Å². The molecule has 0 bridgehead atoms. The first-order chi connectivity index (χ1) is 11.1. The topological polar surface area (TPSA) is 62.0 Å². The number of benzene rings is 2. The second-order valence-electron chi connectivity index (χ2n) is 5.50. The molecule has 0 aliphatic heterocycles. The van der Waals surface area contributed by atoms with Crippen molar-refractivity contribution in [1.82, 2.24) is 9.71 Å². The lowest BCUT2D eigenvalue weighted by Crippen LogP contribution is -2.30. The number of aromatic nitrogens is 1. The Morgan fingerprint density at radius 1 is 1.04 bits per heavy atom. The monoisotopic (exact) mass is 328 g/mol. The molecule has 1 aromatic heterocycles. The van der Waals surface area contributed by atoms with Crippen molar-refractivity contribution < 1.29 is 8.42 Å². The second kappa shape index (κ2) is 6.56. The number of fused-ring (bicyclic) bond motifs is 1. The van der Waals surface area contributed by atoms with E-state index in [0.29, 0.717) is 6.54 Å². The van der Waals surface area contributed by atoms with E-state index in [1.54, 1.807) is 6.92 Å². The van der Waals surface area contributed by atoms with Crippen molar-refractivity contribution in [2.45, 2.75) is 12.8 Å². The molecule has 0 saturated carbocycles. The van der Waals surface area contributed by atoms with Gasteiger partial charge in [0.05, 0.1) is 5.75 Å². The molecule has 1 atom stereocenters. The van der Waals surface area contributed by atoms with Crippen molar-refractivity contribution in [2.75, 3.05) is 12.3 Å². The van der Waals surface area contributed by atoms with Crippen LogP contribution in [0.1, 0.15) is 24.0 Å². The summed E-state index contributed by atoms with van der Waals surface area (Å²) in [6, 6.07) is 18.1. The van der Waals surface area contributed by atoms with Gasteiger partial charge in [0.25, 0.3) is 0 Å². The molecule has 4 nitrogen and oxygen atoms in total. The number of rotatable bonds is 6. The van der Waals surface area contributed by atoms with Crippen LogP contribution in [0.25, 0.3) is 10.9 Å². The average molecular weight is 328 g/mol. The Kier molecular flexibility index (Phi) is 4.50. The number of hydrogen-bond acceptors (Lipinski definition) is 2. The van der Waals surface area contributed by atoms with Crippen LogP contribution in [0.4, 0.5) is 0 Å². The van der Waals surface area contributed by atoms with Crippen LogP contribution in [0.2, 0.25) is 0 Å². The Hall–Kier alpha value is -2.11. The molecule has 23 heavy (non-hydrogen) atoms. The third kappa shape index (κ3) is 3.46. The predicted molar refractivity (Wildman–Crippen MR) is 94.0 cm³/mol. The lowest BCUT2D eigenvalue weighted by Gasteiger charge is -2.18. The predicted octanol–water partition coefficient (Wildman–Crippen LogP) is 3.24. The van der Waals surface area contributed by atoms with E-state index in [2.05, 4.69) is 15.8 Å². The fraction of sp³-hybridized carbons (Fsp3) is 0.222. The fourth-order valence-electron chi connectivity index (χ4n) is 2.79. The molecule has 0 amide bonds. The minimum atomic E-state index is -3.23. The lowest BCUT2D eigenvalue weighted by atomic mass is 9.91. The highest BCUT2D eigenvalue weighted by Crippen LogP contribution is 2.30. The summed E-state index contributed by atoms with van der Waals surface area (Å²) in [4.78, 5) is 3.27. The summed E-state index contributed by atoms with van der Waals surface area (Å²) < 4.78 is 26.4. The largest absolute Gasteiger partial charge is 0.361 e. The highest BCUT2D eigenvalue weighted by Gasteiger charge is 2.20. The maximum absolute atomic E-state index is 11.8. The van der Waals surface area contributed by atoms with Gasteiger partial charge in [0, 0.05) is 29.6 Å². The highest BCUT2D eigenvalue weighted by atomic mass is 32.2. The SMILES string of the molecule is CCS(=O)(=O)NCC(c1ccccc1)c1c[nH]c2ccccc12. The van der Waals surface area contributed by atoms with Crippen LogP contribution in [0.3, 0.4) is 0 Å². The zero-order valence-electron chi connectivity index (χ0n) is 13.0. The van der Waals surface area contributed by atoms with Crippen LogP contribution in [-0.2, 0) is 10.0 Å². The van der Waals surface area contributed by atoms with E-state index < -0.39 is 10.0 Å². The Morgan fingerprint density at radius 2 is 1.74 bits per heavy atom. The third-order valence-corrected chi connectivity index (χ3v) is 5.45. The van der Waals surface area contributed by atoms with Crippen molar-refractivity contribution >= 4 is 20.9 Å². The van der Waals surface area contributed by atoms with Crippen LogP contribution in [0.15, 0.2) is 60.8 Å². The van der Waals surface area contributed by atoms with Crippen LogP contribution < -0.4 is 4.72 Å². The van der Waals surface area contributed by atoms with Gasteiger partial charge in [0.2, 0.25) is 10.0 Å². The number of para-hydroxylation sites is 1. The van der Waals surface area contributed by atoms with Crippen molar-refractivity contribution in [3.8, 4) is 0 Å². The Balaban J connectivity index is 2.02. The smallest absolute Gasteiger partial charge is 0.211 e. The van der Waals surface area contributed by atoms with Gasteiger partial charge < -0.3 is 4.98 Å². The standard InChI is InChI=1S/C18H20N2O2S/c1-2-23(21,22)20-13-16(14-8-4-3-5-9-14)17-12-19-18-11-7-6-10-15(17)18/h3-12,16,19-20H,2,13H2,1H3. The van der Waals surface area contributed by atoms with Gasteiger partial charge in [0.15, 0.2) is 0 Å². The van der Waals surface area contributed by atoms with Crippen molar-refractivity contribution in [1.29, 1.82) is 0 Å². The maximum Gasteiger partial charge on any atom is 0.211 e. The Morgan fingerprint density at radius 3 is 2.48 bits per heavy atom. The van der Waals surface area contributed by atoms with E-state index in [-0.39, 0.29) is 11.7 Å². The maximum atomic E-state index is 11.8. The first-order valence-electron chi connectivity index (χ1n) is 7.69. The summed E-state index contributed by atoms with van der Waals surface area (Å²) >= 11 is 0.